The molecule has 2 rings (SSSR count). The van der Waals surface area contributed by atoms with Crippen molar-refractivity contribution in [2.75, 3.05) is 59.4 Å². The molecule has 0 aliphatic carbocycles. The fraction of sp³-hybridized carbons (Fsp3) is 0.938. The highest BCUT2D eigenvalue weighted by Crippen LogP contribution is 2.16. The van der Waals surface area contributed by atoms with E-state index < -0.39 is 0 Å². The zero-order valence-electron chi connectivity index (χ0n) is 14.1. The topological polar surface area (TPSA) is 59.1 Å². The Kier molecular flexibility index (Phi) is 6.92. The van der Waals surface area contributed by atoms with Crippen molar-refractivity contribution in [1.29, 1.82) is 0 Å². The lowest BCUT2D eigenvalue weighted by Gasteiger charge is -2.34. The predicted molar refractivity (Wildman–Crippen MR) is 87.9 cm³/mol. The standard InChI is InChI=1S/C16H32N4O2/c1-14-5-8-20(13-15(14)21)16(22)17-6-3-4-7-19-11-9-18(2)10-12-19/h14-15,21H,3-13H2,1-2H3,(H,17,22). The normalized spacial score (nSPS) is 27.9. The van der Waals surface area contributed by atoms with Gasteiger partial charge in [0.15, 0.2) is 0 Å². The molecular formula is C16H32N4O2. The lowest BCUT2D eigenvalue weighted by molar-refractivity contribution is 0.0436. The van der Waals surface area contributed by atoms with Crippen LogP contribution in [0.3, 0.4) is 0 Å². The van der Waals surface area contributed by atoms with Gasteiger partial charge in [0, 0.05) is 45.8 Å². The molecular weight excluding hydrogens is 280 g/mol. The maximum Gasteiger partial charge on any atom is 0.317 e. The van der Waals surface area contributed by atoms with E-state index in [0.717, 1.165) is 65.1 Å². The van der Waals surface area contributed by atoms with Crippen LogP contribution in [0, 0.1) is 5.92 Å². The van der Waals surface area contributed by atoms with Crippen LogP contribution in [0.25, 0.3) is 0 Å². The number of β-amino-alcohol motifs (C(OH)–C–C–N with tert-alkyl or cyclic N) is 1. The number of aliphatic hydroxyl groups is 1. The molecule has 2 aliphatic heterocycles. The van der Waals surface area contributed by atoms with Crippen LogP contribution in [-0.4, -0.2) is 91.3 Å². The summed E-state index contributed by atoms with van der Waals surface area (Å²) in [5.41, 5.74) is 0. The van der Waals surface area contributed by atoms with Crippen molar-refractivity contribution >= 4 is 6.03 Å². The fourth-order valence-electron chi connectivity index (χ4n) is 3.07. The second-order valence-corrected chi connectivity index (χ2v) is 6.86. The van der Waals surface area contributed by atoms with Gasteiger partial charge in [-0.1, -0.05) is 6.92 Å². The Morgan fingerprint density at radius 3 is 2.59 bits per heavy atom. The van der Waals surface area contributed by atoms with Gasteiger partial charge in [-0.25, -0.2) is 4.79 Å². The minimum absolute atomic E-state index is 0.0226. The van der Waals surface area contributed by atoms with Crippen LogP contribution in [0.15, 0.2) is 0 Å². The molecule has 2 aliphatic rings. The van der Waals surface area contributed by atoms with Crippen LogP contribution >= 0.6 is 0 Å². The van der Waals surface area contributed by atoms with Gasteiger partial charge in [-0.2, -0.15) is 0 Å². The number of nitrogens with zero attached hydrogens (tertiary/aromatic N) is 3. The zero-order chi connectivity index (χ0) is 15.9. The zero-order valence-corrected chi connectivity index (χ0v) is 14.1. The molecule has 22 heavy (non-hydrogen) atoms. The predicted octanol–water partition coefficient (Wildman–Crippen LogP) is 0.426. The number of likely N-dealkylation sites (N-methyl/N-ethyl adjacent to an activating group) is 1. The van der Waals surface area contributed by atoms with Crippen LogP contribution < -0.4 is 5.32 Å². The summed E-state index contributed by atoms with van der Waals surface area (Å²) < 4.78 is 0. The molecule has 0 spiro atoms. The first-order valence-corrected chi connectivity index (χ1v) is 8.68. The van der Waals surface area contributed by atoms with Gasteiger partial charge in [0.05, 0.1) is 6.10 Å². The molecule has 6 nitrogen and oxygen atoms in total. The van der Waals surface area contributed by atoms with Gasteiger partial charge in [-0.15, -0.1) is 0 Å². The number of amides is 2. The Hall–Kier alpha value is -0.850. The fourth-order valence-corrected chi connectivity index (χ4v) is 3.07. The maximum absolute atomic E-state index is 12.0. The van der Waals surface area contributed by atoms with Crippen LogP contribution in [0.2, 0.25) is 0 Å². The lowest BCUT2D eigenvalue weighted by Crippen LogP contribution is -2.49. The molecule has 2 amide bonds. The molecule has 6 heteroatoms. The Morgan fingerprint density at radius 2 is 1.91 bits per heavy atom. The Balaban J connectivity index is 1.52. The second-order valence-electron chi connectivity index (χ2n) is 6.86. The number of unbranched alkanes of at least 4 members (excludes halogenated alkanes) is 1. The van der Waals surface area contributed by atoms with Crippen molar-refractivity contribution in [2.24, 2.45) is 5.92 Å². The summed E-state index contributed by atoms with van der Waals surface area (Å²) in [4.78, 5) is 18.7. The Bertz CT molecular complexity index is 345. The van der Waals surface area contributed by atoms with Crippen LogP contribution in [0.4, 0.5) is 4.79 Å². The second kappa shape index (κ2) is 8.70. The molecule has 2 fully saturated rings. The highest BCUT2D eigenvalue weighted by Gasteiger charge is 2.26. The summed E-state index contributed by atoms with van der Waals surface area (Å²) in [6, 6.07) is -0.0226. The SMILES string of the molecule is CC1CCN(C(=O)NCCCCN2CCN(C)CC2)CC1O. The third-order valence-electron chi connectivity index (χ3n) is 4.98. The molecule has 128 valence electrons. The number of likely N-dealkylation sites (tertiary alicyclic amines) is 1. The van der Waals surface area contributed by atoms with E-state index in [0.29, 0.717) is 12.5 Å². The van der Waals surface area contributed by atoms with E-state index in [4.69, 9.17) is 0 Å². The number of nitrogens with one attached hydrogen (secondary N) is 1. The highest BCUT2D eigenvalue weighted by molar-refractivity contribution is 5.74. The van der Waals surface area contributed by atoms with E-state index >= 15 is 0 Å². The summed E-state index contributed by atoms with van der Waals surface area (Å²) in [5.74, 6) is 0.299. The average molecular weight is 312 g/mol. The quantitative estimate of drug-likeness (QED) is 0.723. The molecule has 2 atom stereocenters. The van der Waals surface area contributed by atoms with E-state index in [9.17, 15) is 9.90 Å². The first-order valence-electron chi connectivity index (χ1n) is 8.68. The van der Waals surface area contributed by atoms with Crippen molar-refractivity contribution in [3.63, 3.8) is 0 Å². The minimum Gasteiger partial charge on any atom is -0.391 e. The number of carbonyl (C=O) groups is 1. The summed E-state index contributed by atoms with van der Waals surface area (Å²) in [6.45, 7) is 9.76. The maximum atomic E-state index is 12.0. The van der Waals surface area contributed by atoms with Gasteiger partial charge >= 0.3 is 6.03 Å². The van der Waals surface area contributed by atoms with Crippen molar-refractivity contribution < 1.29 is 9.90 Å². The number of hydrogen-bond donors (Lipinski definition) is 2. The summed E-state index contributed by atoms with van der Waals surface area (Å²) in [5, 5.41) is 12.8. The van der Waals surface area contributed by atoms with Crippen molar-refractivity contribution in [2.45, 2.75) is 32.3 Å². The van der Waals surface area contributed by atoms with Crippen molar-refractivity contribution in [1.82, 2.24) is 20.0 Å². The van der Waals surface area contributed by atoms with Crippen LogP contribution in [0.5, 0.6) is 0 Å². The molecule has 2 saturated heterocycles. The van der Waals surface area contributed by atoms with Gasteiger partial charge in [0.25, 0.3) is 0 Å². The van der Waals surface area contributed by atoms with Crippen molar-refractivity contribution in [3.8, 4) is 0 Å². The van der Waals surface area contributed by atoms with E-state index in [1.807, 2.05) is 6.92 Å². The monoisotopic (exact) mass is 312 g/mol. The van der Waals surface area contributed by atoms with Gasteiger partial charge in [0.2, 0.25) is 0 Å². The smallest absolute Gasteiger partial charge is 0.317 e. The Labute approximate surface area is 134 Å². The molecule has 0 saturated carbocycles. The van der Waals surface area contributed by atoms with E-state index in [2.05, 4.69) is 22.2 Å². The van der Waals surface area contributed by atoms with Crippen LogP contribution in [0.1, 0.15) is 26.2 Å². The van der Waals surface area contributed by atoms with Gasteiger partial charge in [-0.05, 0) is 38.8 Å². The first kappa shape index (κ1) is 17.5. The molecule has 0 aromatic heterocycles. The molecule has 0 bridgehead atoms. The van der Waals surface area contributed by atoms with Gasteiger partial charge < -0.3 is 25.1 Å². The third-order valence-corrected chi connectivity index (χ3v) is 4.98. The highest BCUT2D eigenvalue weighted by atomic mass is 16.3. The minimum atomic E-state index is -0.378. The lowest BCUT2D eigenvalue weighted by atomic mass is 9.96. The van der Waals surface area contributed by atoms with Crippen molar-refractivity contribution in [3.05, 3.63) is 0 Å². The van der Waals surface area contributed by atoms with Gasteiger partial charge in [0.1, 0.15) is 0 Å². The number of rotatable bonds is 5. The number of urea groups is 1. The average Bonchev–Trinajstić information content (AvgIpc) is 2.51. The Morgan fingerprint density at radius 1 is 1.18 bits per heavy atom. The first-order chi connectivity index (χ1) is 10.6. The molecule has 0 aromatic rings. The molecule has 2 unspecified atom stereocenters. The number of hydrogen-bond acceptors (Lipinski definition) is 4. The van der Waals surface area contributed by atoms with E-state index in [1.165, 1.54) is 0 Å². The largest absolute Gasteiger partial charge is 0.391 e. The molecule has 0 aromatic carbocycles. The third kappa shape index (κ3) is 5.41. The van der Waals surface area contributed by atoms with E-state index in [1.54, 1.807) is 4.90 Å². The number of piperazine rings is 1. The molecule has 2 heterocycles. The van der Waals surface area contributed by atoms with Crippen LogP contribution in [-0.2, 0) is 0 Å². The van der Waals surface area contributed by atoms with E-state index in [-0.39, 0.29) is 12.1 Å². The number of aliphatic hydroxyl groups excluding tert-OH is 1. The van der Waals surface area contributed by atoms with Gasteiger partial charge in [-0.3, -0.25) is 0 Å². The number of carbonyl (C=O) groups excluding carboxylic acids is 1. The summed E-state index contributed by atoms with van der Waals surface area (Å²) >= 11 is 0. The summed E-state index contributed by atoms with van der Waals surface area (Å²) in [6.07, 6.45) is 2.66. The molecule has 0 radical (unpaired) electrons. The number of piperidine rings is 1. The summed E-state index contributed by atoms with van der Waals surface area (Å²) in [7, 11) is 2.17. The molecule has 2 N–H and O–H groups in total.